The molecule has 2 aromatic carbocycles. The second-order valence-electron chi connectivity index (χ2n) is 7.56. The van der Waals surface area contributed by atoms with Crippen molar-refractivity contribution in [3.8, 4) is 11.3 Å². The van der Waals surface area contributed by atoms with E-state index in [1.54, 1.807) is 27.0 Å². The van der Waals surface area contributed by atoms with Crippen molar-refractivity contribution in [2.24, 2.45) is 0 Å². The molecular formula is C21H21ClN2O5S. The summed E-state index contributed by atoms with van der Waals surface area (Å²) in [7, 11) is -3.92. The third-order valence-corrected chi connectivity index (χ3v) is 6.08. The van der Waals surface area contributed by atoms with E-state index in [-0.39, 0.29) is 28.0 Å². The second-order valence-corrected chi connectivity index (χ2v) is 9.62. The van der Waals surface area contributed by atoms with Crippen LogP contribution in [0.5, 0.6) is 0 Å². The van der Waals surface area contributed by atoms with Crippen LogP contribution >= 0.6 is 11.6 Å². The highest BCUT2D eigenvalue weighted by atomic mass is 35.5. The van der Waals surface area contributed by atoms with Gasteiger partial charge >= 0.3 is 5.97 Å². The normalized spacial score (nSPS) is 12.0. The fraction of sp³-hybridized carbons (Fsp3) is 0.238. The van der Waals surface area contributed by atoms with Gasteiger partial charge in [-0.1, -0.05) is 41.9 Å². The number of esters is 1. The van der Waals surface area contributed by atoms with Crippen LogP contribution in [-0.4, -0.2) is 24.9 Å². The van der Waals surface area contributed by atoms with Crippen molar-refractivity contribution in [3.63, 3.8) is 0 Å². The summed E-state index contributed by atoms with van der Waals surface area (Å²) < 4.78 is 38.5. The van der Waals surface area contributed by atoms with E-state index in [9.17, 15) is 13.2 Å². The van der Waals surface area contributed by atoms with Gasteiger partial charge in [0.2, 0.25) is 15.9 Å². The molecule has 0 amide bonds. The number of nitrogens with one attached hydrogen (secondary N) is 1. The Balaban J connectivity index is 1.73. The van der Waals surface area contributed by atoms with Gasteiger partial charge in [-0.05, 0) is 39.0 Å². The van der Waals surface area contributed by atoms with Gasteiger partial charge in [-0.3, -0.25) is 0 Å². The number of ether oxygens (including phenoxy) is 1. The van der Waals surface area contributed by atoms with Crippen LogP contribution in [0.15, 0.2) is 64.0 Å². The minimum Gasteiger partial charge on any atom is -0.452 e. The molecule has 0 spiro atoms. The number of aromatic nitrogens is 1. The third kappa shape index (κ3) is 5.47. The maximum absolute atomic E-state index is 12.6. The summed E-state index contributed by atoms with van der Waals surface area (Å²) in [6.07, 6.45) is 1.55. The first-order chi connectivity index (χ1) is 14.0. The Morgan fingerprint density at radius 1 is 1.17 bits per heavy atom. The highest BCUT2D eigenvalue weighted by molar-refractivity contribution is 7.89. The van der Waals surface area contributed by atoms with Crippen LogP contribution in [0, 0.1) is 0 Å². The Hall–Kier alpha value is -2.68. The van der Waals surface area contributed by atoms with E-state index >= 15 is 0 Å². The number of nitrogens with zero attached hydrogens (tertiary/aromatic N) is 1. The van der Waals surface area contributed by atoms with E-state index in [2.05, 4.69) is 9.71 Å². The number of carbonyl (C=O) groups is 1. The minimum absolute atomic E-state index is 0.00324. The number of carbonyl (C=O) groups excluding carboxylic acids is 1. The highest BCUT2D eigenvalue weighted by Gasteiger charge is 2.25. The summed E-state index contributed by atoms with van der Waals surface area (Å²) in [6, 6.07) is 13.3. The zero-order valence-electron chi connectivity index (χ0n) is 16.7. The first-order valence-corrected chi connectivity index (χ1v) is 10.9. The van der Waals surface area contributed by atoms with E-state index in [4.69, 9.17) is 20.8 Å². The van der Waals surface area contributed by atoms with Crippen molar-refractivity contribution in [2.45, 2.75) is 37.8 Å². The van der Waals surface area contributed by atoms with Gasteiger partial charge in [0.25, 0.3) is 0 Å². The van der Waals surface area contributed by atoms with Crippen LogP contribution in [0.1, 0.15) is 37.0 Å². The number of hydrogen-bond donors (Lipinski definition) is 1. The summed E-state index contributed by atoms with van der Waals surface area (Å²) >= 11 is 6.05. The molecule has 3 rings (SSSR count). The lowest BCUT2D eigenvalue weighted by Crippen LogP contribution is -2.40. The quantitative estimate of drug-likeness (QED) is 0.560. The average molecular weight is 449 g/mol. The molecular weight excluding hydrogens is 428 g/mol. The van der Waals surface area contributed by atoms with E-state index in [1.165, 1.54) is 18.2 Å². The van der Waals surface area contributed by atoms with Crippen LogP contribution in [0.3, 0.4) is 0 Å². The second kappa shape index (κ2) is 8.59. The fourth-order valence-electron chi connectivity index (χ4n) is 2.62. The molecule has 3 aromatic rings. The smallest absolute Gasteiger partial charge is 0.338 e. The van der Waals surface area contributed by atoms with Crippen LogP contribution < -0.4 is 4.72 Å². The summed E-state index contributed by atoms with van der Waals surface area (Å²) in [5.74, 6) is 0.0477. The first-order valence-electron chi connectivity index (χ1n) is 9.06. The van der Waals surface area contributed by atoms with Gasteiger partial charge in [0.05, 0.1) is 16.8 Å². The number of benzene rings is 2. The van der Waals surface area contributed by atoms with Gasteiger partial charge in [-0.2, -0.15) is 0 Å². The molecule has 1 N–H and O–H groups in total. The molecule has 0 saturated carbocycles. The van der Waals surface area contributed by atoms with E-state index in [0.717, 1.165) is 5.56 Å². The van der Waals surface area contributed by atoms with E-state index < -0.39 is 21.5 Å². The predicted octanol–water partition coefficient (Wildman–Crippen LogP) is 4.43. The third-order valence-electron chi connectivity index (χ3n) is 3.84. The van der Waals surface area contributed by atoms with E-state index in [0.29, 0.717) is 5.76 Å². The largest absolute Gasteiger partial charge is 0.452 e. The molecule has 0 bridgehead atoms. The molecule has 1 aromatic heterocycles. The zero-order valence-corrected chi connectivity index (χ0v) is 18.3. The Kier molecular flexibility index (Phi) is 6.30. The molecule has 0 fully saturated rings. The molecule has 7 nitrogen and oxygen atoms in total. The van der Waals surface area contributed by atoms with Crippen molar-refractivity contribution < 1.29 is 22.4 Å². The van der Waals surface area contributed by atoms with Crippen molar-refractivity contribution in [3.05, 3.63) is 71.2 Å². The number of halogens is 1. The fourth-order valence-corrected chi connectivity index (χ4v) is 4.56. The first kappa shape index (κ1) is 22.0. The zero-order chi connectivity index (χ0) is 21.9. The molecule has 0 aliphatic heterocycles. The SMILES string of the molecule is CC(C)(C)NS(=O)(=O)c1cc(C(=O)OCc2ncc(-c3ccccc3)o2)ccc1Cl. The van der Waals surface area contributed by atoms with Crippen LogP contribution in [0.4, 0.5) is 0 Å². The molecule has 0 aliphatic carbocycles. The van der Waals surface area contributed by atoms with Gasteiger partial charge < -0.3 is 9.15 Å². The summed E-state index contributed by atoms with van der Waals surface area (Å²) in [5.41, 5.74) is 0.185. The lowest BCUT2D eigenvalue weighted by Gasteiger charge is -2.21. The van der Waals surface area contributed by atoms with Gasteiger partial charge in [0.1, 0.15) is 4.90 Å². The molecule has 30 heavy (non-hydrogen) atoms. The van der Waals surface area contributed by atoms with Crippen LogP contribution in [0.2, 0.25) is 5.02 Å². The van der Waals surface area contributed by atoms with Crippen LogP contribution in [0.25, 0.3) is 11.3 Å². The Labute approximate surface area is 180 Å². The summed E-state index contributed by atoms with van der Waals surface area (Å²) in [5, 5.41) is 0.00324. The monoisotopic (exact) mass is 448 g/mol. The van der Waals surface area contributed by atoms with Crippen molar-refractivity contribution in [1.82, 2.24) is 9.71 Å². The molecule has 0 atom stereocenters. The minimum atomic E-state index is -3.92. The predicted molar refractivity (Wildman–Crippen MR) is 113 cm³/mol. The standard InChI is InChI=1S/C21H21ClN2O5S/c1-21(2,3)24-30(26,27)18-11-15(9-10-16(18)22)20(25)28-13-19-23-12-17(29-19)14-7-5-4-6-8-14/h4-12,24H,13H2,1-3H3. The van der Waals surface area contributed by atoms with Gasteiger partial charge in [-0.15, -0.1) is 0 Å². The Morgan fingerprint density at radius 3 is 2.53 bits per heavy atom. The average Bonchev–Trinajstić information content (AvgIpc) is 3.14. The Morgan fingerprint density at radius 2 is 1.87 bits per heavy atom. The highest BCUT2D eigenvalue weighted by Crippen LogP contribution is 2.25. The number of hydrogen-bond acceptors (Lipinski definition) is 6. The summed E-state index contributed by atoms with van der Waals surface area (Å²) in [4.78, 5) is 16.3. The molecule has 0 radical (unpaired) electrons. The molecule has 0 unspecified atom stereocenters. The molecule has 0 aliphatic rings. The number of sulfonamides is 1. The maximum Gasteiger partial charge on any atom is 0.338 e. The van der Waals surface area contributed by atoms with Gasteiger partial charge in [-0.25, -0.2) is 22.9 Å². The van der Waals surface area contributed by atoms with Crippen LogP contribution in [-0.2, 0) is 21.4 Å². The van der Waals surface area contributed by atoms with Gasteiger partial charge in [0, 0.05) is 11.1 Å². The summed E-state index contributed by atoms with van der Waals surface area (Å²) in [6.45, 7) is 4.92. The van der Waals surface area contributed by atoms with Gasteiger partial charge in [0.15, 0.2) is 12.4 Å². The van der Waals surface area contributed by atoms with E-state index in [1.807, 2.05) is 30.3 Å². The lowest BCUT2D eigenvalue weighted by molar-refractivity contribution is 0.0438. The van der Waals surface area contributed by atoms with Crippen molar-refractivity contribution in [1.29, 1.82) is 0 Å². The Bertz CT molecular complexity index is 1150. The topological polar surface area (TPSA) is 98.5 Å². The molecule has 9 heteroatoms. The van der Waals surface area contributed by atoms with Crippen molar-refractivity contribution in [2.75, 3.05) is 0 Å². The molecule has 158 valence electrons. The maximum atomic E-state index is 12.6. The number of rotatable bonds is 6. The number of oxazole rings is 1. The lowest BCUT2D eigenvalue weighted by atomic mass is 10.1. The molecule has 1 heterocycles. The van der Waals surface area contributed by atoms with Crippen molar-refractivity contribution >= 4 is 27.6 Å². The molecule has 0 saturated heterocycles.